The second kappa shape index (κ2) is 7.39. The third-order valence-corrected chi connectivity index (χ3v) is 4.32. The van der Waals surface area contributed by atoms with Crippen molar-refractivity contribution in [1.82, 2.24) is 0 Å². The summed E-state index contributed by atoms with van der Waals surface area (Å²) in [6.07, 6.45) is 0. The monoisotopic (exact) mass is 363 g/mol. The van der Waals surface area contributed by atoms with Crippen LogP contribution in [0.2, 0.25) is 0 Å². The fourth-order valence-electron chi connectivity index (χ4n) is 1.79. The molecule has 0 spiro atoms. The fourth-order valence-corrected chi connectivity index (χ4v) is 3.01. The lowest BCUT2D eigenvalue weighted by molar-refractivity contribution is 0.412. The largest absolute Gasteiger partial charge is 0.497 e. The summed E-state index contributed by atoms with van der Waals surface area (Å²) in [7, 11) is 1.61. The molecule has 21 heavy (non-hydrogen) atoms. The van der Waals surface area contributed by atoms with Crippen molar-refractivity contribution in [2.75, 3.05) is 12.9 Å². The molecule has 2 aromatic rings. The highest BCUT2D eigenvalue weighted by molar-refractivity contribution is 9.10. The Bertz CT molecular complexity index is 682. The van der Waals surface area contributed by atoms with E-state index in [1.54, 1.807) is 24.9 Å². The quantitative estimate of drug-likeness (QED) is 0.681. The molecule has 0 aliphatic heterocycles. The van der Waals surface area contributed by atoms with Crippen molar-refractivity contribution >= 4 is 27.7 Å². The van der Waals surface area contributed by atoms with Gasteiger partial charge in [0.2, 0.25) is 0 Å². The SMILES string of the molecule is CCSc1cccc(Oc2ccc(OC)cc2Br)c1C#N. The van der Waals surface area contributed by atoms with Crippen LogP contribution in [0.3, 0.4) is 0 Å². The molecule has 0 aliphatic rings. The van der Waals surface area contributed by atoms with Crippen LogP contribution in [0.4, 0.5) is 0 Å². The van der Waals surface area contributed by atoms with E-state index in [1.807, 2.05) is 30.3 Å². The van der Waals surface area contributed by atoms with Gasteiger partial charge in [0.15, 0.2) is 0 Å². The number of hydrogen-bond donors (Lipinski definition) is 0. The highest BCUT2D eigenvalue weighted by Gasteiger charge is 2.12. The predicted octanol–water partition coefficient (Wildman–Crippen LogP) is 5.23. The topological polar surface area (TPSA) is 42.2 Å². The van der Waals surface area contributed by atoms with Gasteiger partial charge in [-0.3, -0.25) is 0 Å². The number of hydrogen-bond acceptors (Lipinski definition) is 4. The Balaban J connectivity index is 2.36. The van der Waals surface area contributed by atoms with Crippen LogP contribution in [-0.2, 0) is 0 Å². The minimum absolute atomic E-state index is 0.557. The highest BCUT2D eigenvalue weighted by atomic mass is 79.9. The second-order valence-electron chi connectivity index (χ2n) is 4.07. The summed E-state index contributed by atoms with van der Waals surface area (Å²) in [5.41, 5.74) is 0.562. The zero-order chi connectivity index (χ0) is 15.2. The molecule has 2 aromatic carbocycles. The Labute approximate surface area is 137 Å². The molecule has 5 heteroatoms. The van der Waals surface area contributed by atoms with E-state index in [1.165, 1.54) is 0 Å². The molecule has 0 atom stereocenters. The molecule has 0 aliphatic carbocycles. The first-order valence-electron chi connectivity index (χ1n) is 6.37. The molecule has 0 saturated carbocycles. The van der Waals surface area contributed by atoms with Gasteiger partial charge >= 0.3 is 0 Å². The second-order valence-corrected chi connectivity index (χ2v) is 6.23. The first-order valence-corrected chi connectivity index (χ1v) is 8.14. The van der Waals surface area contributed by atoms with E-state index < -0.39 is 0 Å². The maximum absolute atomic E-state index is 9.38. The Hall–Kier alpha value is -1.64. The summed E-state index contributed by atoms with van der Waals surface area (Å²) in [4.78, 5) is 0.933. The molecule has 0 unspecified atom stereocenters. The molecule has 0 amide bonds. The lowest BCUT2D eigenvalue weighted by Crippen LogP contribution is -1.92. The maximum atomic E-state index is 9.38. The maximum Gasteiger partial charge on any atom is 0.146 e. The number of thioether (sulfide) groups is 1. The van der Waals surface area contributed by atoms with Gasteiger partial charge in [0.05, 0.1) is 11.6 Å². The molecular formula is C16H14BrNO2S. The molecule has 0 radical (unpaired) electrons. The van der Waals surface area contributed by atoms with Crippen molar-refractivity contribution in [2.24, 2.45) is 0 Å². The average Bonchev–Trinajstić information content (AvgIpc) is 2.50. The lowest BCUT2D eigenvalue weighted by Gasteiger charge is -2.12. The van der Waals surface area contributed by atoms with Crippen molar-refractivity contribution in [1.29, 1.82) is 5.26 Å². The van der Waals surface area contributed by atoms with Gasteiger partial charge in [-0.1, -0.05) is 13.0 Å². The summed E-state index contributed by atoms with van der Waals surface area (Å²) < 4.78 is 11.8. The van der Waals surface area contributed by atoms with E-state index in [-0.39, 0.29) is 0 Å². The van der Waals surface area contributed by atoms with Crippen molar-refractivity contribution in [3.05, 3.63) is 46.4 Å². The van der Waals surface area contributed by atoms with E-state index in [4.69, 9.17) is 9.47 Å². The number of nitriles is 1. The number of nitrogens with zero attached hydrogens (tertiary/aromatic N) is 1. The number of rotatable bonds is 5. The van der Waals surface area contributed by atoms with Crippen molar-refractivity contribution in [3.63, 3.8) is 0 Å². The zero-order valence-electron chi connectivity index (χ0n) is 11.7. The predicted molar refractivity (Wildman–Crippen MR) is 88.3 cm³/mol. The average molecular weight is 364 g/mol. The van der Waals surface area contributed by atoms with Crippen LogP contribution in [0, 0.1) is 11.3 Å². The smallest absolute Gasteiger partial charge is 0.146 e. The van der Waals surface area contributed by atoms with Crippen LogP contribution in [0.1, 0.15) is 12.5 Å². The van der Waals surface area contributed by atoms with Crippen molar-refractivity contribution in [2.45, 2.75) is 11.8 Å². The third-order valence-electron chi connectivity index (χ3n) is 2.76. The summed E-state index contributed by atoms with van der Waals surface area (Å²) in [6.45, 7) is 2.05. The van der Waals surface area contributed by atoms with Crippen LogP contribution in [0.5, 0.6) is 17.2 Å². The van der Waals surface area contributed by atoms with Crippen LogP contribution < -0.4 is 9.47 Å². The molecule has 0 aromatic heterocycles. The van der Waals surface area contributed by atoms with E-state index in [0.29, 0.717) is 17.1 Å². The van der Waals surface area contributed by atoms with Crippen LogP contribution in [-0.4, -0.2) is 12.9 Å². The van der Waals surface area contributed by atoms with Crippen molar-refractivity contribution < 1.29 is 9.47 Å². The fraction of sp³-hybridized carbons (Fsp3) is 0.188. The Morgan fingerprint density at radius 2 is 2.05 bits per heavy atom. The van der Waals surface area contributed by atoms with E-state index in [0.717, 1.165) is 20.9 Å². The van der Waals surface area contributed by atoms with Gasteiger partial charge in [-0.25, -0.2) is 0 Å². The molecule has 108 valence electrons. The summed E-state index contributed by atoms with van der Waals surface area (Å²) in [6, 6.07) is 13.3. The van der Waals surface area contributed by atoms with E-state index in [9.17, 15) is 5.26 Å². The molecule has 0 bridgehead atoms. The minimum Gasteiger partial charge on any atom is -0.497 e. The zero-order valence-corrected chi connectivity index (χ0v) is 14.1. The summed E-state index contributed by atoms with van der Waals surface area (Å²) in [5.74, 6) is 2.85. The van der Waals surface area contributed by atoms with Gasteiger partial charge in [0.1, 0.15) is 28.9 Å². The Kier molecular flexibility index (Phi) is 5.54. The molecular weight excluding hydrogens is 350 g/mol. The van der Waals surface area contributed by atoms with Gasteiger partial charge in [-0.05, 0) is 52.0 Å². The summed E-state index contributed by atoms with van der Waals surface area (Å²) in [5, 5.41) is 9.38. The molecule has 0 heterocycles. The van der Waals surface area contributed by atoms with Gasteiger partial charge in [0, 0.05) is 4.90 Å². The molecule has 3 nitrogen and oxygen atoms in total. The molecule has 2 rings (SSSR count). The van der Waals surface area contributed by atoms with Crippen LogP contribution in [0.25, 0.3) is 0 Å². The van der Waals surface area contributed by atoms with Gasteiger partial charge in [-0.15, -0.1) is 11.8 Å². The minimum atomic E-state index is 0.557. The number of benzene rings is 2. The van der Waals surface area contributed by atoms with Crippen LogP contribution >= 0.6 is 27.7 Å². The Morgan fingerprint density at radius 1 is 1.24 bits per heavy atom. The van der Waals surface area contributed by atoms with Crippen molar-refractivity contribution in [3.8, 4) is 23.3 Å². The molecule has 0 fully saturated rings. The van der Waals surface area contributed by atoms with E-state index >= 15 is 0 Å². The molecule has 0 N–H and O–H groups in total. The number of halogens is 1. The van der Waals surface area contributed by atoms with E-state index in [2.05, 4.69) is 28.9 Å². The van der Waals surface area contributed by atoms with Gasteiger partial charge in [-0.2, -0.15) is 5.26 Å². The standard InChI is InChI=1S/C16H14BrNO2S/c1-3-21-16-6-4-5-14(12(16)10-18)20-15-8-7-11(19-2)9-13(15)17/h4-9H,3H2,1-2H3. The number of methoxy groups -OCH3 is 1. The van der Waals surface area contributed by atoms with Crippen LogP contribution in [0.15, 0.2) is 45.8 Å². The highest BCUT2D eigenvalue weighted by Crippen LogP contribution is 2.36. The number of ether oxygens (including phenoxy) is 2. The lowest BCUT2D eigenvalue weighted by atomic mass is 10.2. The Morgan fingerprint density at radius 3 is 2.67 bits per heavy atom. The normalized spacial score (nSPS) is 10.0. The first kappa shape index (κ1) is 15.7. The first-order chi connectivity index (χ1) is 10.2. The third kappa shape index (κ3) is 3.72. The van der Waals surface area contributed by atoms with Gasteiger partial charge in [0.25, 0.3) is 0 Å². The molecule has 0 saturated heterocycles. The van der Waals surface area contributed by atoms with Gasteiger partial charge < -0.3 is 9.47 Å². The summed E-state index contributed by atoms with van der Waals surface area (Å²) >= 11 is 5.08.